The van der Waals surface area contributed by atoms with Crippen LogP contribution in [-0.4, -0.2) is 54.2 Å². The van der Waals surface area contributed by atoms with Crippen LogP contribution in [0.3, 0.4) is 0 Å². The minimum absolute atomic E-state index is 0.273. The van der Waals surface area contributed by atoms with Gasteiger partial charge in [0.15, 0.2) is 5.79 Å². The van der Waals surface area contributed by atoms with E-state index in [1.165, 1.54) is 90.6 Å². The Bertz CT molecular complexity index is 826. The molecule has 0 saturated carbocycles. The second kappa shape index (κ2) is 17.1. The lowest BCUT2D eigenvalue weighted by molar-refractivity contribution is -0.286. The van der Waals surface area contributed by atoms with Crippen LogP contribution in [0, 0.1) is 0 Å². The first-order chi connectivity index (χ1) is 19.3. The van der Waals surface area contributed by atoms with Gasteiger partial charge >= 0.3 is 17.9 Å². The van der Waals surface area contributed by atoms with Crippen LogP contribution in [0.4, 0.5) is 0 Å². The van der Waals surface area contributed by atoms with Crippen molar-refractivity contribution in [1.82, 2.24) is 0 Å². The summed E-state index contributed by atoms with van der Waals surface area (Å²) in [6.07, 6.45) is 20.5. The highest BCUT2D eigenvalue weighted by molar-refractivity contribution is 5.83. The molecule has 1 spiro atoms. The number of carbonyl (C=O) groups is 3. The Morgan fingerprint density at radius 3 is 2.12 bits per heavy atom. The molecule has 2 fully saturated rings. The summed E-state index contributed by atoms with van der Waals surface area (Å²) < 4.78 is 29.4. The fraction of sp³-hybridized carbons (Fsp3) is 0.844. The molecule has 0 aliphatic carbocycles. The summed E-state index contributed by atoms with van der Waals surface area (Å²) in [5.41, 5.74) is 0. The van der Waals surface area contributed by atoms with Crippen molar-refractivity contribution in [2.75, 3.05) is 0 Å². The average Bonchev–Trinajstić information content (AvgIpc) is 3.21. The van der Waals surface area contributed by atoms with Gasteiger partial charge in [-0.25, -0.2) is 4.79 Å². The topological polar surface area (TPSA) is 97.4 Å². The van der Waals surface area contributed by atoms with E-state index in [0.717, 1.165) is 19.3 Å². The molecule has 6 unspecified atom stereocenters. The molecule has 40 heavy (non-hydrogen) atoms. The van der Waals surface area contributed by atoms with Crippen molar-refractivity contribution in [3.05, 3.63) is 12.2 Å². The molecule has 3 aliphatic heterocycles. The maximum atomic E-state index is 11.9. The zero-order chi connectivity index (χ0) is 28.8. The third-order valence-corrected chi connectivity index (χ3v) is 8.19. The Kier molecular flexibility index (Phi) is 13.9. The molecular formula is C32H52O8. The quantitative estimate of drug-likeness (QED) is 0.101. The molecule has 3 rings (SSSR count). The van der Waals surface area contributed by atoms with Crippen LogP contribution in [0.15, 0.2) is 12.2 Å². The van der Waals surface area contributed by atoms with Gasteiger partial charge in [-0.3, -0.25) is 9.59 Å². The van der Waals surface area contributed by atoms with E-state index in [9.17, 15) is 14.4 Å². The van der Waals surface area contributed by atoms with Crippen molar-refractivity contribution in [1.29, 1.82) is 0 Å². The summed E-state index contributed by atoms with van der Waals surface area (Å²) >= 11 is 0. The molecule has 6 atom stereocenters. The van der Waals surface area contributed by atoms with Gasteiger partial charge in [0.1, 0.15) is 24.4 Å². The normalized spacial score (nSPS) is 28.2. The second-order valence-electron chi connectivity index (χ2n) is 11.9. The molecule has 0 radical (unpaired) electrons. The van der Waals surface area contributed by atoms with Crippen molar-refractivity contribution in [2.45, 2.75) is 173 Å². The van der Waals surface area contributed by atoms with Gasteiger partial charge in [-0.2, -0.15) is 0 Å². The van der Waals surface area contributed by atoms with E-state index >= 15 is 0 Å². The molecule has 0 aromatic rings. The standard InChI is InChI=1S/C32H52O8/c1-4-5-6-7-8-9-10-11-12-13-14-15-16-17-26(36-24(2)33)20-27-21-28(37-25(3)34)22-32(39-27)23-30-29(40-32)18-19-31(35)38-30/h18-19,26-30H,4-17,20-23H2,1-3H3. The number of esters is 3. The first-order valence-corrected chi connectivity index (χ1v) is 15.9. The minimum Gasteiger partial charge on any atom is -0.462 e. The molecule has 0 aromatic heterocycles. The van der Waals surface area contributed by atoms with Crippen LogP contribution >= 0.6 is 0 Å². The molecule has 8 nitrogen and oxygen atoms in total. The van der Waals surface area contributed by atoms with Crippen molar-refractivity contribution in [2.24, 2.45) is 0 Å². The largest absolute Gasteiger partial charge is 0.462 e. The average molecular weight is 565 g/mol. The maximum Gasteiger partial charge on any atom is 0.330 e. The molecule has 2 saturated heterocycles. The van der Waals surface area contributed by atoms with Gasteiger partial charge in [0.2, 0.25) is 0 Å². The highest BCUT2D eigenvalue weighted by Gasteiger charge is 2.54. The van der Waals surface area contributed by atoms with E-state index in [1.807, 2.05) is 0 Å². The number of carbonyl (C=O) groups excluding carboxylic acids is 3. The Morgan fingerprint density at radius 1 is 0.900 bits per heavy atom. The van der Waals surface area contributed by atoms with Crippen LogP contribution in [0.25, 0.3) is 0 Å². The summed E-state index contributed by atoms with van der Waals surface area (Å²) in [5, 5.41) is 0. The number of fused-ring (bicyclic) bond motifs is 1. The summed E-state index contributed by atoms with van der Waals surface area (Å²) in [6, 6.07) is 0. The molecule has 0 amide bonds. The van der Waals surface area contributed by atoms with Crippen molar-refractivity contribution in [3.63, 3.8) is 0 Å². The zero-order valence-electron chi connectivity index (χ0n) is 25.0. The fourth-order valence-corrected chi connectivity index (χ4v) is 6.37. The van der Waals surface area contributed by atoms with E-state index in [-0.39, 0.29) is 36.4 Å². The van der Waals surface area contributed by atoms with Gasteiger partial charge in [0, 0.05) is 45.6 Å². The fourth-order valence-electron chi connectivity index (χ4n) is 6.37. The maximum absolute atomic E-state index is 11.9. The first-order valence-electron chi connectivity index (χ1n) is 15.9. The molecule has 0 bridgehead atoms. The van der Waals surface area contributed by atoms with Gasteiger partial charge in [-0.1, -0.05) is 84.0 Å². The van der Waals surface area contributed by atoms with Crippen LogP contribution < -0.4 is 0 Å². The molecule has 0 N–H and O–H groups in total. The smallest absolute Gasteiger partial charge is 0.330 e. The number of hydrogen-bond donors (Lipinski definition) is 0. The summed E-state index contributed by atoms with van der Waals surface area (Å²) in [5.74, 6) is -2.06. The summed E-state index contributed by atoms with van der Waals surface area (Å²) in [6.45, 7) is 5.09. The minimum atomic E-state index is -1.01. The van der Waals surface area contributed by atoms with Gasteiger partial charge < -0.3 is 23.7 Å². The SMILES string of the molecule is CCCCCCCCCCCCCCCC(CC1CC(OC(C)=O)CC2(CC3OC(=O)C=CC3O2)O1)OC(C)=O. The number of hydrogen-bond acceptors (Lipinski definition) is 8. The van der Waals surface area contributed by atoms with Crippen molar-refractivity contribution < 1.29 is 38.1 Å². The lowest BCUT2D eigenvalue weighted by Crippen LogP contribution is -2.48. The molecule has 3 heterocycles. The zero-order valence-corrected chi connectivity index (χ0v) is 25.0. The first kappa shape index (κ1) is 32.6. The summed E-state index contributed by atoms with van der Waals surface area (Å²) in [7, 11) is 0. The Balaban J connectivity index is 1.41. The van der Waals surface area contributed by atoms with Gasteiger partial charge in [-0.05, 0) is 18.9 Å². The number of rotatable bonds is 18. The number of ether oxygens (including phenoxy) is 5. The molecule has 3 aliphatic rings. The molecule has 228 valence electrons. The van der Waals surface area contributed by atoms with Crippen LogP contribution in [0.5, 0.6) is 0 Å². The van der Waals surface area contributed by atoms with Crippen LogP contribution in [0.2, 0.25) is 0 Å². The predicted molar refractivity (Wildman–Crippen MR) is 151 cm³/mol. The Morgan fingerprint density at radius 2 is 1.52 bits per heavy atom. The molecule has 0 aromatic carbocycles. The Labute approximate surface area is 240 Å². The summed E-state index contributed by atoms with van der Waals surface area (Å²) in [4.78, 5) is 35.4. The van der Waals surface area contributed by atoms with E-state index < -0.39 is 17.9 Å². The van der Waals surface area contributed by atoms with Gasteiger partial charge in [0.25, 0.3) is 0 Å². The molecular weight excluding hydrogens is 512 g/mol. The highest BCUT2D eigenvalue weighted by Crippen LogP contribution is 2.44. The van der Waals surface area contributed by atoms with E-state index in [2.05, 4.69) is 6.92 Å². The third kappa shape index (κ3) is 11.5. The van der Waals surface area contributed by atoms with Gasteiger partial charge in [0.05, 0.1) is 6.10 Å². The third-order valence-electron chi connectivity index (χ3n) is 8.19. The lowest BCUT2D eigenvalue weighted by Gasteiger charge is -2.42. The molecule has 8 heteroatoms. The van der Waals surface area contributed by atoms with Crippen LogP contribution in [0.1, 0.15) is 136 Å². The van der Waals surface area contributed by atoms with E-state index in [1.54, 1.807) is 6.08 Å². The van der Waals surface area contributed by atoms with Crippen molar-refractivity contribution in [3.8, 4) is 0 Å². The van der Waals surface area contributed by atoms with Crippen molar-refractivity contribution >= 4 is 17.9 Å². The number of unbranched alkanes of at least 4 members (excludes halogenated alkanes) is 12. The lowest BCUT2D eigenvalue weighted by atomic mass is 9.91. The highest BCUT2D eigenvalue weighted by atomic mass is 16.7. The Hall–Kier alpha value is -1.93. The van der Waals surface area contributed by atoms with Crippen LogP contribution in [-0.2, 0) is 38.1 Å². The van der Waals surface area contributed by atoms with E-state index in [0.29, 0.717) is 25.7 Å². The monoisotopic (exact) mass is 564 g/mol. The van der Waals surface area contributed by atoms with E-state index in [4.69, 9.17) is 23.7 Å². The predicted octanol–water partition coefficient (Wildman–Crippen LogP) is 6.87. The second-order valence-corrected chi connectivity index (χ2v) is 11.9. The van der Waals surface area contributed by atoms with Gasteiger partial charge in [-0.15, -0.1) is 0 Å².